The molecular formula is C34H57NO3S. The normalized spacial score (nSPS) is 11.7. The number of hydrogen-bond donors (Lipinski definition) is 2. The standard InChI is InChI=1S/C27H49N.C7H8O3S/c1-4-5-6-7-8-9-10-11-12-13-14-15-16-17-18-19-22-25-23-20-21-24-26(25)27(2,3)28;1-6-2-4-7(5-3-6)11(8,9)10/h20-21,23-24H,4-19,22,28H2,1-3H3;2-5H,1H3,(H,8,9,10). The van der Waals surface area contributed by atoms with Gasteiger partial charge in [-0.2, -0.15) is 8.42 Å². The van der Waals surface area contributed by atoms with Crippen molar-refractivity contribution in [3.63, 3.8) is 0 Å². The van der Waals surface area contributed by atoms with E-state index in [2.05, 4.69) is 45.0 Å². The number of benzene rings is 2. The summed E-state index contributed by atoms with van der Waals surface area (Å²) < 4.78 is 29.6. The summed E-state index contributed by atoms with van der Waals surface area (Å²) in [5.41, 5.74) is 9.80. The second-order valence-electron chi connectivity index (χ2n) is 11.7. The van der Waals surface area contributed by atoms with E-state index in [0.29, 0.717) is 0 Å². The van der Waals surface area contributed by atoms with Crippen molar-refractivity contribution in [3.8, 4) is 0 Å². The fourth-order valence-corrected chi connectivity index (χ4v) is 5.42. The van der Waals surface area contributed by atoms with Crippen molar-refractivity contribution in [1.29, 1.82) is 0 Å². The topological polar surface area (TPSA) is 80.4 Å². The number of unbranched alkanes of at least 4 members (excludes halogenated alkanes) is 15. The first-order valence-electron chi connectivity index (χ1n) is 15.5. The van der Waals surface area contributed by atoms with E-state index in [-0.39, 0.29) is 10.4 Å². The average molecular weight is 560 g/mol. The smallest absolute Gasteiger partial charge is 0.294 e. The van der Waals surface area contributed by atoms with Crippen LogP contribution in [0.2, 0.25) is 0 Å². The Hall–Kier alpha value is -1.69. The van der Waals surface area contributed by atoms with Gasteiger partial charge >= 0.3 is 0 Å². The molecule has 39 heavy (non-hydrogen) atoms. The largest absolute Gasteiger partial charge is 0.322 e. The van der Waals surface area contributed by atoms with Crippen LogP contribution < -0.4 is 5.73 Å². The lowest BCUT2D eigenvalue weighted by molar-refractivity contribution is 0.483. The molecule has 0 spiro atoms. The Labute approximate surface area is 240 Å². The first-order chi connectivity index (χ1) is 18.6. The average Bonchev–Trinajstić information content (AvgIpc) is 2.88. The monoisotopic (exact) mass is 559 g/mol. The van der Waals surface area contributed by atoms with Gasteiger partial charge in [-0.1, -0.05) is 145 Å². The van der Waals surface area contributed by atoms with Crippen LogP contribution in [0, 0.1) is 6.92 Å². The zero-order valence-corrected chi connectivity index (χ0v) is 26.2. The summed E-state index contributed by atoms with van der Waals surface area (Å²) >= 11 is 0. The van der Waals surface area contributed by atoms with Gasteiger partial charge in [0.15, 0.2) is 0 Å². The van der Waals surface area contributed by atoms with Gasteiger partial charge in [-0.05, 0) is 56.9 Å². The van der Waals surface area contributed by atoms with E-state index in [4.69, 9.17) is 10.3 Å². The van der Waals surface area contributed by atoms with Crippen LogP contribution in [0.1, 0.15) is 140 Å². The van der Waals surface area contributed by atoms with E-state index in [0.717, 1.165) is 5.56 Å². The van der Waals surface area contributed by atoms with Crippen molar-refractivity contribution in [3.05, 3.63) is 65.2 Å². The van der Waals surface area contributed by atoms with Gasteiger partial charge in [0.1, 0.15) is 0 Å². The molecule has 0 saturated heterocycles. The highest BCUT2D eigenvalue weighted by Crippen LogP contribution is 2.23. The summed E-state index contributed by atoms with van der Waals surface area (Å²) in [7, 11) is -4.02. The molecule has 0 aromatic heterocycles. The van der Waals surface area contributed by atoms with Crippen LogP contribution in [0.15, 0.2) is 53.4 Å². The fourth-order valence-electron chi connectivity index (χ4n) is 4.94. The van der Waals surface area contributed by atoms with Crippen molar-refractivity contribution >= 4 is 10.1 Å². The number of hydrogen-bond acceptors (Lipinski definition) is 3. The Bertz CT molecular complexity index is 978. The van der Waals surface area contributed by atoms with Crippen LogP contribution in [0.5, 0.6) is 0 Å². The van der Waals surface area contributed by atoms with Gasteiger partial charge in [-0.25, -0.2) is 0 Å². The molecule has 0 bridgehead atoms. The lowest BCUT2D eigenvalue weighted by atomic mass is 9.89. The molecule has 0 radical (unpaired) electrons. The zero-order chi connectivity index (χ0) is 29.0. The van der Waals surface area contributed by atoms with Crippen LogP contribution in [0.3, 0.4) is 0 Å². The second-order valence-corrected chi connectivity index (χ2v) is 13.1. The molecule has 0 aliphatic carbocycles. The van der Waals surface area contributed by atoms with E-state index in [9.17, 15) is 8.42 Å². The Kier molecular flexibility index (Phi) is 18.3. The summed E-state index contributed by atoms with van der Waals surface area (Å²) in [6.45, 7) is 8.36. The lowest BCUT2D eigenvalue weighted by Crippen LogP contribution is -2.30. The molecular weight excluding hydrogens is 502 g/mol. The summed E-state index contributed by atoms with van der Waals surface area (Å²) in [6.07, 6.45) is 24.0. The van der Waals surface area contributed by atoms with Gasteiger partial charge in [0.05, 0.1) is 4.90 Å². The minimum atomic E-state index is -4.02. The van der Waals surface area contributed by atoms with Gasteiger partial charge in [0.2, 0.25) is 0 Å². The van der Waals surface area contributed by atoms with Crippen molar-refractivity contribution in [2.75, 3.05) is 0 Å². The first kappa shape index (κ1) is 35.3. The third-order valence-corrected chi connectivity index (χ3v) is 8.20. The van der Waals surface area contributed by atoms with E-state index in [1.807, 2.05) is 6.92 Å². The molecule has 0 fully saturated rings. The van der Waals surface area contributed by atoms with Gasteiger partial charge < -0.3 is 5.73 Å². The van der Waals surface area contributed by atoms with Crippen molar-refractivity contribution < 1.29 is 13.0 Å². The first-order valence-corrected chi connectivity index (χ1v) is 16.9. The second kappa shape index (κ2) is 20.2. The summed E-state index contributed by atoms with van der Waals surface area (Å²) in [4.78, 5) is -0.0666. The summed E-state index contributed by atoms with van der Waals surface area (Å²) in [5.74, 6) is 0. The van der Waals surface area contributed by atoms with Crippen LogP contribution in [-0.2, 0) is 22.1 Å². The van der Waals surface area contributed by atoms with E-state index in [1.165, 1.54) is 132 Å². The van der Waals surface area contributed by atoms with Crippen molar-refractivity contribution in [1.82, 2.24) is 0 Å². The Morgan fingerprint density at radius 3 is 1.49 bits per heavy atom. The Balaban J connectivity index is 0.000000573. The quantitative estimate of drug-likeness (QED) is 0.133. The molecule has 0 heterocycles. The van der Waals surface area contributed by atoms with Crippen LogP contribution in [-0.4, -0.2) is 13.0 Å². The zero-order valence-electron chi connectivity index (χ0n) is 25.4. The van der Waals surface area contributed by atoms with Crippen LogP contribution in [0.25, 0.3) is 0 Å². The summed E-state index contributed by atoms with van der Waals surface area (Å²) in [6, 6.07) is 14.7. The molecule has 2 rings (SSSR count). The fraction of sp³-hybridized carbons (Fsp3) is 0.647. The van der Waals surface area contributed by atoms with E-state index < -0.39 is 10.1 Å². The van der Waals surface area contributed by atoms with Crippen molar-refractivity contribution in [2.45, 2.75) is 147 Å². The van der Waals surface area contributed by atoms with Crippen LogP contribution in [0.4, 0.5) is 0 Å². The lowest BCUT2D eigenvalue weighted by Gasteiger charge is -2.23. The molecule has 222 valence electrons. The number of aryl methyl sites for hydroxylation is 2. The molecule has 2 aromatic rings. The SMILES string of the molecule is CCCCCCCCCCCCCCCCCCc1ccccc1C(C)(C)N.Cc1ccc(S(=O)(=O)O)cc1. The molecule has 2 aromatic carbocycles. The molecule has 4 nitrogen and oxygen atoms in total. The maximum atomic E-state index is 10.5. The predicted molar refractivity (Wildman–Crippen MR) is 168 cm³/mol. The molecule has 3 N–H and O–H groups in total. The molecule has 0 aliphatic heterocycles. The molecule has 0 saturated carbocycles. The van der Waals surface area contributed by atoms with E-state index >= 15 is 0 Å². The van der Waals surface area contributed by atoms with Crippen molar-refractivity contribution in [2.24, 2.45) is 5.73 Å². The third kappa shape index (κ3) is 17.6. The van der Waals surface area contributed by atoms with E-state index in [1.54, 1.807) is 12.1 Å². The number of rotatable bonds is 19. The van der Waals surface area contributed by atoms with Gasteiger partial charge in [0.25, 0.3) is 10.1 Å². The highest BCUT2D eigenvalue weighted by Gasteiger charge is 2.17. The highest BCUT2D eigenvalue weighted by atomic mass is 32.2. The minimum Gasteiger partial charge on any atom is -0.322 e. The maximum absolute atomic E-state index is 10.5. The molecule has 0 amide bonds. The minimum absolute atomic E-state index is 0.0666. The third-order valence-electron chi connectivity index (χ3n) is 7.33. The molecule has 5 heteroatoms. The van der Waals surface area contributed by atoms with Gasteiger partial charge in [-0.3, -0.25) is 4.55 Å². The Morgan fingerprint density at radius 2 is 1.08 bits per heavy atom. The predicted octanol–water partition coefficient (Wildman–Crippen LogP) is 9.93. The maximum Gasteiger partial charge on any atom is 0.294 e. The Morgan fingerprint density at radius 1 is 0.667 bits per heavy atom. The molecule has 0 atom stereocenters. The highest BCUT2D eigenvalue weighted by molar-refractivity contribution is 7.85. The van der Waals surface area contributed by atoms with Gasteiger partial charge in [-0.15, -0.1) is 0 Å². The molecule has 0 unspecified atom stereocenters. The summed E-state index contributed by atoms with van der Waals surface area (Å²) in [5, 5.41) is 0. The molecule has 0 aliphatic rings. The van der Waals surface area contributed by atoms with Gasteiger partial charge in [0, 0.05) is 5.54 Å². The number of nitrogens with two attached hydrogens (primary N) is 1. The van der Waals surface area contributed by atoms with Crippen LogP contribution >= 0.6 is 0 Å².